The van der Waals surface area contributed by atoms with Crippen LogP contribution in [-0.2, 0) is 13.5 Å². The minimum Gasteiger partial charge on any atom is -0.332 e. The van der Waals surface area contributed by atoms with Crippen LogP contribution in [0.1, 0.15) is 16.2 Å². The Morgan fingerprint density at radius 1 is 1.41 bits per heavy atom. The molecule has 0 aliphatic heterocycles. The molecule has 0 unspecified atom stereocenters. The van der Waals surface area contributed by atoms with Crippen molar-refractivity contribution >= 4 is 29.0 Å². The Morgan fingerprint density at radius 3 is 2.82 bits per heavy atom. The van der Waals surface area contributed by atoms with Gasteiger partial charge in [0.15, 0.2) is 5.82 Å². The third-order valence-electron chi connectivity index (χ3n) is 2.43. The highest BCUT2D eigenvalue weighted by Gasteiger charge is 2.13. The van der Waals surface area contributed by atoms with Gasteiger partial charge < -0.3 is 4.57 Å². The Balaban J connectivity index is 2.24. The van der Waals surface area contributed by atoms with Crippen LogP contribution in [0.5, 0.6) is 0 Å². The summed E-state index contributed by atoms with van der Waals surface area (Å²) in [4.78, 5) is 16.0. The van der Waals surface area contributed by atoms with E-state index in [-0.39, 0.29) is 12.2 Å². The second-order valence-corrected chi connectivity index (χ2v) is 4.54. The number of nitrogens with zero attached hydrogens (tertiary/aromatic N) is 2. The lowest BCUT2D eigenvalue weighted by Gasteiger charge is -2.04. The van der Waals surface area contributed by atoms with Crippen molar-refractivity contribution in [2.45, 2.75) is 6.42 Å². The smallest absolute Gasteiger partial charge is 0.202 e. The maximum atomic E-state index is 12.0. The highest BCUT2D eigenvalue weighted by Crippen LogP contribution is 2.21. The largest absolute Gasteiger partial charge is 0.332 e. The Kier molecular flexibility index (Phi) is 3.50. The summed E-state index contributed by atoms with van der Waals surface area (Å²) in [5.41, 5.74) is 0.715. The second kappa shape index (κ2) is 4.90. The molecule has 0 aliphatic rings. The average molecular weight is 269 g/mol. The Hall–Kier alpha value is -1.32. The van der Waals surface area contributed by atoms with E-state index in [2.05, 4.69) is 4.98 Å². The lowest BCUT2D eigenvalue weighted by molar-refractivity contribution is 0.0980. The number of rotatable bonds is 3. The molecule has 0 atom stereocenters. The van der Waals surface area contributed by atoms with E-state index in [4.69, 9.17) is 23.2 Å². The van der Waals surface area contributed by atoms with E-state index in [1.54, 1.807) is 42.2 Å². The van der Waals surface area contributed by atoms with Crippen LogP contribution in [0, 0.1) is 0 Å². The summed E-state index contributed by atoms with van der Waals surface area (Å²) < 4.78 is 1.68. The van der Waals surface area contributed by atoms with Crippen LogP contribution < -0.4 is 0 Å². The van der Waals surface area contributed by atoms with Crippen molar-refractivity contribution in [3.8, 4) is 0 Å². The van der Waals surface area contributed by atoms with Gasteiger partial charge in [-0.2, -0.15) is 0 Å². The van der Waals surface area contributed by atoms with Gasteiger partial charge in [-0.1, -0.05) is 23.2 Å². The van der Waals surface area contributed by atoms with Crippen molar-refractivity contribution in [2.24, 2.45) is 7.05 Å². The summed E-state index contributed by atoms with van der Waals surface area (Å²) in [6, 6.07) is 5.08. The van der Waals surface area contributed by atoms with E-state index < -0.39 is 0 Å². The number of carbonyl (C=O) groups excluding carboxylic acids is 1. The van der Waals surface area contributed by atoms with Gasteiger partial charge in [-0.3, -0.25) is 4.79 Å². The number of hydrogen-bond donors (Lipinski definition) is 0. The first-order chi connectivity index (χ1) is 8.08. The van der Waals surface area contributed by atoms with Gasteiger partial charge in [0.25, 0.3) is 0 Å². The minimum absolute atomic E-state index is 0.0818. The van der Waals surface area contributed by atoms with Crippen LogP contribution in [0.25, 0.3) is 0 Å². The third kappa shape index (κ3) is 2.68. The van der Waals surface area contributed by atoms with Crippen LogP contribution >= 0.6 is 23.2 Å². The van der Waals surface area contributed by atoms with E-state index in [9.17, 15) is 4.79 Å². The summed E-state index contributed by atoms with van der Waals surface area (Å²) in [5, 5.41) is 1.11. The maximum Gasteiger partial charge on any atom is 0.202 e. The lowest BCUT2D eigenvalue weighted by Crippen LogP contribution is -2.10. The molecule has 0 aliphatic carbocycles. The van der Waals surface area contributed by atoms with Gasteiger partial charge in [0, 0.05) is 35.9 Å². The SMILES string of the molecule is Cn1ccnc1C(=O)Cc1cc(Cl)ccc1Cl. The number of benzene rings is 1. The van der Waals surface area contributed by atoms with Crippen molar-refractivity contribution in [1.82, 2.24) is 9.55 Å². The molecule has 0 bridgehead atoms. The van der Waals surface area contributed by atoms with E-state index >= 15 is 0 Å². The molecule has 0 saturated carbocycles. The number of carbonyl (C=O) groups is 1. The Morgan fingerprint density at radius 2 is 2.18 bits per heavy atom. The van der Waals surface area contributed by atoms with Crippen LogP contribution in [0.4, 0.5) is 0 Å². The zero-order valence-corrected chi connectivity index (χ0v) is 10.7. The standard InChI is InChI=1S/C12H10Cl2N2O/c1-16-5-4-15-12(16)11(17)7-8-6-9(13)2-3-10(8)14/h2-6H,7H2,1H3. The number of aromatic nitrogens is 2. The quantitative estimate of drug-likeness (QED) is 0.802. The Bertz CT molecular complexity index is 563. The zero-order chi connectivity index (χ0) is 12.4. The van der Waals surface area contributed by atoms with Crippen LogP contribution in [0.15, 0.2) is 30.6 Å². The van der Waals surface area contributed by atoms with E-state index in [0.29, 0.717) is 21.4 Å². The molecule has 0 radical (unpaired) electrons. The van der Waals surface area contributed by atoms with Gasteiger partial charge in [-0.15, -0.1) is 0 Å². The maximum absolute atomic E-state index is 12.0. The lowest BCUT2D eigenvalue weighted by atomic mass is 10.1. The molecule has 3 nitrogen and oxygen atoms in total. The van der Waals surface area contributed by atoms with Crippen molar-refractivity contribution in [3.63, 3.8) is 0 Å². The Labute approximate surface area is 109 Å². The molecule has 0 spiro atoms. The monoisotopic (exact) mass is 268 g/mol. The topological polar surface area (TPSA) is 34.9 Å². The molecule has 0 N–H and O–H groups in total. The molecule has 88 valence electrons. The fourth-order valence-corrected chi connectivity index (χ4v) is 1.94. The third-order valence-corrected chi connectivity index (χ3v) is 3.03. The fraction of sp³-hybridized carbons (Fsp3) is 0.167. The molecule has 1 heterocycles. The molecule has 5 heteroatoms. The second-order valence-electron chi connectivity index (χ2n) is 3.70. The number of aryl methyl sites for hydroxylation is 1. The average Bonchev–Trinajstić information content (AvgIpc) is 2.70. The number of halogens is 2. The number of hydrogen-bond acceptors (Lipinski definition) is 2. The van der Waals surface area contributed by atoms with E-state index in [1.807, 2.05) is 0 Å². The molecular formula is C12H10Cl2N2O. The molecule has 0 saturated heterocycles. The summed E-state index contributed by atoms with van der Waals surface area (Å²) in [7, 11) is 1.78. The summed E-state index contributed by atoms with van der Waals surface area (Å²) in [5.74, 6) is 0.336. The van der Waals surface area contributed by atoms with Gasteiger partial charge in [0.2, 0.25) is 5.78 Å². The zero-order valence-electron chi connectivity index (χ0n) is 9.15. The van der Waals surface area contributed by atoms with Gasteiger partial charge >= 0.3 is 0 Å². The van der Waals surface area contributed by atoms with Crippen LogP contribution in [0.3, 0.4) is 0 Å². The van der Waals surface area contributed by atoms with Gasteiger partial charge in [-0.05, 0) is 23.8 Å². The van der Waals surface area contributed by atoms with Crippen LogP contribution in [0.2, 0.25) is 10.0 Å². The molecule has 2 rings (SSSR count). The fourth-order valence-electron chi connectivity index (χ4n) is 1.57. The van der Waals surface area contributed by atoms with Gasteiger partial charge in [-0.25, -0.2) is 4.98 Å². The first-order valence-electron chi connectivity index (χ1n) is 5.02. The first-order valence-corrected chi connectivity index (χ1v) is 5.78. The highest BCUT2D eigenvalue weighted by molar-refractivity contribution is 6.33. The van der Waals surface area contributed by atoms with Crippen molar-refractivity contribution < 1.29 is 4.79 Å². The van der Waals surface area contributed by atoms with E-state index in [1.165, 1.54) is 0 Å². The molecule has 0 fully saturated rings. The predicted octanol–water partition coefficient (Wildman–Crippen LogP) is 3.15. The van der Waals surface area contributed by atoms with Crippen molar-refractivity contribution in [2.75, 3.05) is 0 Å². The molecule has 1 aromatic heterocycles. The summed E-state index contributed by atoms with van der Waals surface area (Å²) in [6.07, 6.45) is 3.52. The minimum atomic E-state index is -0.0818. The molecule has 2 aromatic rings. The van der Waals surface area contributed by atoms with Gasteiger partial charge in [0.1, 0.15) is 0 Å². The van der Waals surface area contributed by atoms with Crippen molar-refractivity contribution in [1.29, 1.82) is 0 Å². The van der Waals surface area contributed by atoms with Crippen LogP contribution in [-0.4, -0.2) is 15.3 Å². The normalized spacial score (nSPS) is 10.5. The molecule has 17 heavy (non-hydrogen) atoms. The summed E-state index contributed by atoms with van der Waals surface area (Å²) in [6.45, 7) is 0. The van der Waals surface area contributed by atoms with Crippen molar-refractivity contribution in [3.05, 3.63) is 52.0 Å². The molecular weight excluding hydrogens is 259 g/mol. The highest BCUT2D eigenvalue weighted by atomic mass is 35.5. The molecule has 0 amide bonds. The number of ketones is 1. The molecule has 1 aromatic carbocycles. The number of Topliss-reactive ketones (excluding diaryl/α,β-unsaturated/α-hetero) is 1. The number of imidazole rings is 1. The van der Waals surface area contributed by atoms with E-state index in [0.717, 1.165) is 0 Å². The predicted molar refractivity (Wildman–Crippen MR) is 67.7 cm³/mol. The summed E-state index contributed by atoms with van der Waals surface area (Å²) >= 11 is 11.9. The van der Waals surface area contributed by atoms with Gasteiger partial charge in [0.05, 0.1) is 0 Å². The first kappa shape index (κ1) is 12.1.